The lowest BCUT2D eigenvalue weighted by atomic mass is 9.82. The number of rotatable bonds is 6. The van der Waals surface area contributed by atoms with E-state index in [9.17, 15) is 18.0 Å². The van der Waals surface area contributed by atoms with Crippen molar-refractivity contribution in [2.45, 2.75) is 45.5 Å². The van der Waals surface area contributed by atoms with Gasteiger partial charge in [0.25, 0.3) is 5.91 Å². The number of hydrogen-bond donors (Lipinski definition) is 0. The maximum Gasteiger partial charge on any atom is 0.417 e. The predicted octanol–water partition coefficient (Wildman–Crippen LogP) is 4.82. The van der Waals surface area contributed by atoms with E-state index >= 15 is 0 Å². The van der Waals surface area contributed by atoms with Gasteiger partial charge in [0, 0.05) is 69.3 Å². The molecule has 3 aliphatic heterocycles. The first-order valence-corrected chi connectivity index (χ1v) is 13.3. The second kappa shape index (κ2) is 10.5. The fourth-order valence-corrected chi connectivity index (χ4v) is 6.28. The number of ether oxygens (including phenoxy) is 2. The van der Waals surface area contributed by atoms with Crippen molar-refractivity contribution in [3.63, 3.8) is 0 Å². The van der Waals surface area contributed by atoms with Gasteiger partial charge in [0.05, 0.1) is 17.9 Å². The number of pyridine rings is 1. The van der Waals surface area contributed by atoms with Crippen LogP contribution < -0.4 is 9.64 Å². The van der Waals surface area contributed by atoms with Crippen LogP contribution >= 0.6 is 0 Å². The lowest BCUT2D eigenvalue weighted by molar-refractivity contribution is -0.138. The quantitative estimate of drug-likeness (QED) is 0.520. The lowest BCUT2D eigenvalue weighted by Crippen LogP contribution is -2.43. The highest BCUT2D eigenvalue weighted by Gasteiger charge is 2.45. The van der Waals surface area contributed by atoms with Crippen molar-refractivity contribution in [1.29, 1.82) is 0 Å². The Hall–Kier alpha value is -3.11. The first-order chi connectivity index (χ1) is 18.6. The molecule has 1 aromatic carbocycles. The zero-order valence-electron chi connectivity index (χ0n) is 22.8. The molecule has 1 fully saturated rings. The summed E-state index contributed by atoms with van der Waals surface area (Å²) in [6.45, 7) is 7.38. The minimum absolute atomic E-state index is 0.0464. The summed E-state index contributed by atoms with van der Waals surface area (Å²) in [6.07, 6.45) is 0.0706. The molecule has 210 valence electrons. The first-order valence-electron chi connectivity index (χ1n) is 13.3. The molecule has 0 aliphatic carbocycles. The Morgan fingerprint density at radius 1 is 1.28 bits per heavy atom. The highest BCUT2D eigenvalue weighted by molar-refractivity contribution is 5.97. The minimum Gasteiger partial charge on any atom is -0.482 e. The van der Waals surface area contributed by atoms with E-state index in [4.69, 9.17) is 9.47 Å². The number of likely N-dealkylation sites (tertiary alicyclic amines) is 1. The van der Waals surface area contributed by atoms with Crippen LogP contribution in [0, 0.1) is 5.41 Å². The molecule has 0 radical (unpaired) electrons. The van der Waals surface area contributed by atoms with E-state index in [1.807, 2.05) is 25.1 Å². The number of likely N-dealkylation sites (N-methyl/N-ethyl adjacent to an activating group) is 1. The van der Waals surface area contributed by atoms with Crippen LogP contribution in [-0.4, -0.2) is 67.7 Å². The van der Waals surface area contributed by atoms with Gasteiger partial charge in [-0.1, -0.05) is 12.1 Å². The van der Waals surface area contributed by atoms with E-state index in [1.165, 1.54) is 6.07 Å². The number of methoxy groups -OCH3 is 1. The van der Waals surface area contributed by atoms with Gasteiger partial charge in [-0.05, 0) is 56.1 Å². The third kappa shape index (κ3) is 5.12. The number of nitrogens with zero attached hydrogens (tertiary/aromatic N) is 4. The van der Waals surface area contributed by atoms with Crippen LogP contribution in [0.15, 0.2) is 42.2 Å². The maximum absolute atomic E-state index is 13.4. The van der Waals surface area contributed by atoms with Gasteiger partial charge in [0.2, 0.25) is 0 Å². The molecule has 1 amide bonds. The Balaban J connectivity index is 1.38. The number of alkyl halides is 3. The lowest BCUT2D eigenvalue weighted by Gasteiger charge is -2.42. The van der Waals surface area contributed by atoms with E-state index in [0.29, 0.717) is 37.4 Å². The van der Waals surface area contributed by atoms with Gasteiger partial charge in [0.1, 0.15) is 5.75 Å². The summed E-state index contributed by atoms with van der Waals surface area (Å²) < 4.78 is 51.4. The zero-order valence-corrected chi connectivity index (χ0v) is 22.8. The Bertz CT molecular complexity index is 1280. The van der Waals surface area contributed by atoms with E-state index in [1.54, 1.807) is 19.1 Å². The molecule has 10 heteroatoms. The number of allylic oxidation sites excluding steroid dienone is 1. The Kier molecular flexibility index (Phi) is 7.37. The number of aromatic nitrogens is 1. The summed E-state index contributed by atoms with van der Waals surface area (Å²) in [7, 11) is 3.46. The van der Waals surface area contributed by atoms with Crippen molar-refractivity contribution in [1.82, 2.24) is 14.8 Å². The number of halogens is 3. The number of amides is 1. The Morgan fingerprint density at radius 3 is 2.79 bits per heavy atom. The van der Waals surface area contributed by atoms with E-state index < -0.39 is 11.7 Å². The summed E-state index contributed by atoms with van der Waals surface area (Å²) in [5.41, 5.74) is 3.32. The summed E-state index contributed by atoms with van der Waals surface area (Å²) >= 11 is 0. The van der Waals surface area contributed by atoms with Crippen LogP contribution in [0.2, 0.25) is 0 Å². The van der Waals surface area contributed by atoms with E-state index in [2.05, 4.69) is 27.8 Å². The summed E-state index contributed by atoms with van der Waals surface area (Å²) in [6, 6.07) is 7.33. The maximum atomic E-state index is 13.4. The molecule has 2 unspecified atom stereocenters. The van der Waals surface area contributed by atoms with Gasteiger partial charge in [0.15, 0.2) is 6.61 Å². The third-order valence-electron chi connectivity index (χ3n) is 8.43. The van der Waals surface area contributed by atoms with Crippen LogP contribution in [0.5, 0.6) is 5.75 Å². The van der Waals surface area contributed by atoms with Crippen molar-refractivity contribution in [3.8, 4) is 5.75 Å². The van der Waals surface area contributed by atoms with Gasteiger partial charge in [-0.25, -0.2) is 0 Å². The smallest absolute Gasteiger partial charge is 0.417 e. The van der Waals surface area contributed by atoms with Gasteiger partial charge in [-0.3, -0.25) is 14.7 Å². The molecule has 0 saturated carbocycles. The van der Waals surface area contributed by atoms with Crippen molar-refractivity contribution in [3.05, 3.63) is 64.6 Å². The van der Waals surface area contributed by atoms with Gasteiger partial charge in [-0.15, -0.1) is 0 Å². The summed E-state index contributed by atoms with van der Waals surface area (Å²) in [4.78, 5) is 22.5. The van der Waals surface area contributed by atoms with Crippen LogP contribution in [-0.2, 0) is 28.7 Å². The predicted molar refractivity (Wildman–Crippen MR) is 141 cm³/mol. The zero-order chi connectivity index (χ0) is 27.9. The number of hydrogen-bond acceptors (Lipinski definition) is 6. The molecule has 0 spiro atoms. The molecular weight excluding hydrogens is 509 g/mol. The average Bonchev–Trinajstić information content (AvgIpc) is 3.34. The van der Waals surface area contributed by atoms with Crippen LogP contribution in [0.3, 0.4) is 0 Å². The van der Waals surface area contributed by atoms with Gasteiger partial charge >= 0.3 is 6.18 Å². The normalized spacial score (nSPS) is 22.9. The van der Waals surface area contributed by atoms with E-state index in [0.717, 1.165) is 48.3 Å². The molecule has 2 aromatic rings. The molecule has 3 aliphatic rings. The van der Waals surface area contributed by atoms with Gasteiger partial charge in [-0.2, -0.15) is 13.2 Å². The molecule has 0 bridgehead atoms. The topological polar surface area (TPSA) is 58.1 Å². The van der Waals surface area contributed by atoms with Crippen LogP contribution in [0.4, 0.5) is 18.9 Å². The van der Waals surface area contributed by atoms with Crippen LogP contribution in [0.1, 0.15) is 48.7 Å². The monoisotopic (exact) mass is 544 g/mol. The van der Waals surface area contributed by atoms with Gasteiger partial charge < -0.3 is 19.3 Å². The number of benzene rings is 1. The highest BCUT2D eigenvalue weighted by Crippen LogP contribution is 2.45. The standard InChI is InChI=1S/C29H35F3N4O3/c1-5-26(35-10-8-23-21(15-35)12-22(14-33-23)29(30,31)32)28(18-38-4)9-11-36(17-28)19(2)20-6-7-25-24(13-20)34(3)27(37)16-39-25/h5-7,12-14,19H,8-11,15-18H2,1-4H3/b26-5-. The molecule has 4 heterocycles. The third-order valence-corrected chi connectivity index (χ3v) is 8.43. The van der Waals surface area contributed by atoms with Crippen molar-refractivity contribution < 1.29 is 27.4 Å². The average molecular weight is 545 g/mol. The molecule has 39 heavy (non-hydrogen) atoms. The first kappa shape index (κ1) is 27.5. The molecule has 1 aromatic heterocycles. The second-order valence-electron chi connectivity index (χ2n) is 10.8. The summed E-state index contributed by atoms with van der Waals surface area (Å²) in [5, 5.41) is 0. The van der Waals surface area contributed by atoms with Crippen molar-refractivity contribution in [2.75, 3.05) is 51.9 Å². The Labute approximate surface area is 227 Å². The SMILES string of the molecule is C/C=C(\N1CCc2ncc(C(F)(F)F)cc2C1)C1(COC)CCN(C(C)c2ccc3c(c2)N(C)C(=O)CO3)C1. The molecule has 5 rings (SSSR count). The van der Waals surface area contributed by atoms with Crippen molar-refractivity contribution in [2.24, 2.45) is 5.41 Å². The van der Waals surface area contributed by atoms with Crippen LogP contribution in [0.25, 0.3) is 0 Å². The number of fused-ring (bicyclic) bond motifs is 2. The fraction of sp³-hybridized carbons (Fsp3) is 0.517. The Morgan fingerprint density at radius 2 is 2.08 bits per heavy atom. The summed E-state index contributed by atoms with van der Waals surface area (Å²) in [5.74, 6) is 0.624. The van der Waals surface area contributed by atoms with E-state index in [-0.39, 0.29) is 24.0 Å². The molecule has 2 atom stereocenters. The minimum atomic E-state index is -4.42. The van der Waals surface area contributed by atoms with Crippen molar-refractivity contribution >= 4 is 11.6 Å². The number of carbonyl (C=O) groups excluding carboxylic acids is 1. The molecular formula is C29H35F3N4O3. The highest BCUT2D eigenvalue weighted by atomic mass is 19.4. The second-order valence-corrected chi connectivity index (χ2v) is 10.8. The molecule has 1 saturated heterocycles. The fourth-order valence-electron chi connectivity index (χ4n) is 6.28. The number of anilines is 1. The molecule has 7 nitrogen and oxygen atoms in total. The molecule has 0 N–H and O–H groups in total. The number of carbonyl (C=O) groups is 1. The largest absolute Gasteiger partial charge is 0.482 e.